The second kappa shape index (κ2) is 31.7. The molecule has 0 bridgehead atoms. The molecule has 0 aliphatic heterocycles. The van der Waals surface area contributed by atoms with Gasteiger partial charge in [-0.2, -0.15) is 15.3 Å². The SMILES string of the molecule is COc1c(C(=O)N(C)c2ccc(Cl)cc2C)cc2ccc3c4cc(Cl)ccc4[nH]c3c2c1N=Nc1ccc(N(c2ccc(N=Nc3c(OC)c(C(=O)N(C)c4ccc(Cl)cc4C)cc4ccc5c6cc(Cl)ccc6[nH]c5c34)cc2)c2ccc(N=Nc3c(OC)c(C(=O)N(C)c4ccc(Cl)cc4C)cc4ccc5c6cc(Cl)ccc6[nH]c5c34)cc2)cc1. The van der Waals surface area contributed by atoms with Crippen LogP contribution in [-0.2, 0) is 0 Å². The lowest BCUT2D eigenvalue weighted by Crippen LogP contribution is -2.27. The van der Waals surface area contributed by atoms with Gasteiger partial charge in [0.05, 0.1) is 71.6 Å². The van der Waals surface area contributed by atoms with Crippen molar-refractivity contribution in [2.45, 2.75) is 20.8 Å². The van der Waals surface area contributed by atoms with Gasteiger partial charge in [-0.3, -0.25) is 14.4 Å². The third kappa shape index (κ3) is 14.2. The number of carbonyl (C=O) groups excluding carboxylic acids is 3. The molecule has 0 aliphatic carbocycles. The smallest absolute Gasteiger partial charge is 0.261 e. The number of methoxy groups -OCH3 is 3. The zero-order valence-corrected chi connectivity index (χ0v) is 70.7. The summed E-state index contributed by atoms with van der Waals surface area (Å²) in [5, 5.41) is 42.7. The summed E-state index contributed by atoms with van der Waals surface area (Å²) in [6.45, 7) is 5.69. The Balaban J connectivity index is 0.756. The number of rotatable bonds is 18. The van der Waals surface area contributed by atoms with E-state index < -0.39 is 0 Å². The van der Waals surface area contributed by atoms with Gasteiger partial charge in [0, 0.05) is 150 Å². The predicted octanol–water partition coefficient (Wildman–Crippen LogP) is 29.5. The monoisotopic (exact) mass is 1710 g/mol. The predicted molar refractivity (Wildman–Crippen MR) is 495 cm³/mol. The Kier molecular flexibility index (Phi) is 20.7. The molecular formula is C96H69Cl6N13O6. The lowest BCUT2D eigenvalue weighted by molar-refractivity contribution is 0.0982. The summed E-state index contributed by atoms with van der Waals surface area (Å²) < 4.78 is 18.8. The van der Waals surface area contributed by atoms with Crippen LogP contribution in [0.15, 0.2) is 267 Å². The van der Waals surface area contributed by atoms with Crippen LogP contribution in [-0.4, -0.2) is 75.1 Å². The number of amides is 3. The number of nitrogens with zero attached hydrogens (tertiary/aromatic N) is 10. The topological polar surface area (TPSA) is 213 Å². The van der Waals surface area contributed by atoms with Crippen LogP contribution in [0.25, 0.3) is 97.7 Å². The Morgan fingerprint density at radius 1 is 0.298 bits per heavy atom. The molecule has 0 radical (unpaired) electrons. The van der Waals surface area contributed by atoms with Gasteiger partial charge >= 0.3 is 0 Å². The third-order valence-electron chi connectivity index (χ3n) is 22.2. The van der Waals surface area contributed by atoms with Crippen LogP contribution >= 0.6 is 69.6 Å². The number of anilines is 6. The van der Waals surface area contributed by atoms with Gasteiger partial charge in [-0.05, 0) is 254 Å². The highest BCUT2D eigenvalue weighted by atomic mass is 35.5. The van der Waals surface area contributed by atoms with E-state index in [2.05, 4.69) is 19.9 Å². The molecule has 0 fully saturated rings. The third-order valence-corrected chi connectivity index (χ3v) is 23.6. The van der Waals surface area contributed by atoms with E-state index in [9.17, 15) is 14.4 Å². The minimum atomic E-state index is -0.346. The molecular weight excluding hydrogens is 1640 g/mol. The molecule has 3 amide bonds. The van der Waals surface area contributed by atoms with Gasteiger partial charge in [0.2, 0.25) is 0 Å². The molecule has 3 aromatic heterocycles. The first-order chi connectivity index (χ1) is 58.5. The molecule has 25 heteroatoms. The lowest BCUT2D eigenvalue weighted by Gasteiger charge is -2.25. The number of fused-ring (bicyclic) bond motifs is 15. The molecule has 0 aliphatic rings. The summed E-state index contributed by atoms with van der Waals surface area (Å²) >= 11 is 39.1. The summed E-state index contributed by atoms with van der Waals surface area (Å²) in [6, 6.07) is 73.2. The molecule has 18 aromatic rings. The Hall–Kier alpha value is -13.4. The van der Waals surface area contributed by atoms with E-state index in [0.29, 0.717) is 131 Å². The molecule has 15 aromatic carbocycles. The summed E-state index contributed by atoms with van der Waals surface area (Å²) in [4.78, 5) is 62.5. The second-order valence-electron chi connectivity index (χ2n) is 29.5. The van der Waals surface area contributed by atoms with Crippen molar-refractivity contribution in [2.75, 3.05) is 62.1 Å². The van der Waals surface area contributed by atoms with Crippen LogP contribution in [0.5, 0.6) is 17.2 Å². The van der Waals surface area contributed by atoms with Crippen molar-refractivity contribution in [2.24, 2.45) is 30.7 Å². The maximum absolute atomic E-state index is 15.0. The average Bonchev–Trinajstić information content (AvgIpc) is 1.64. The number of carbonyl (C=O) groups is 3. The summed E-state index contributed by atoms with van der Waals surface area (Å²) in [5.41, 5.74) is 14.4. The van der Waals surface area contributed by atoms with E-state index in [1.807, 2.05) is 239 Å². The van der Waals surface area contributed by atoms with Crippen LogP contribution in [0.4, 0.5) is 68.2 Å². The molecule has 3 heterocycles. The molecule has 0 saturated heterocycles. The Morgan fingerprint density at radius 2 is 0.554 bits per heavy atom. The van der Waals surface area contributed by atoms with Crippen molar-refractivity contribution < 1.29 is 28.6 Å². The number of azo groups is 3. The van der Waals surface area contributed by atoms with Crippen molar-refractivity contribution in [3.05, 3.63) is 300 Å². The minimum absolute atomic E-state index is 0.209. The summed E-state index contributed by atoms with van der Waals surface area (Å²) in [5.74, 6) is -0.412. The highest BCUT2D eigenvalue weighted by Gasteiger charge is 2.31. The number of aryl methyl sites for hydroxylation is 3. The number of hydrogen-bond acceptors (Lipinski definition) is 13. The van der Waals surface area contributed by atoms with Crippen LogP contribution in [0.2, 0.25) is 30.1 Å². The van der Waals surface area contributed by atoms with Crippen molar-refractivity contribution in [3.8, 4) is 17.2 Å². The van der Waals surface area contributed by atoms with Crippen molar-refractivity contribution >= 4 is 253 Å². The first-order valence-corrected chi connectivity index (χ1v) is 40.5. The van der Waals surface area contributed by atoms with E-state index in [0.717, 1.165) is 82.1 Å². The maximum Gasteiger partial charge on any atom is 0.261 e. The Morgan fingerprint density at radius 3 is 0.810 bits per heavy atom. The largest absolute Gasteiger partial charge is 0.494 e. The number of aromatic nitrogens is 3. The van der Waals surface area contributed by atoms with Gasteiger partial charge in [-0.1, -0.05) is 106 Å². The highest BCUT2D eigenvalue weighted by molar-refractivity contribution is 6.35. The molecule has 0 unspecified atom stereocenters. The van der Waals surface area contributed by atoms with Crippen molar-refractivity contribution in [3.63, 3.8) is 0 Å². The number of ether oxygens (including phenoxy) is 3. The normalized spacial score (nSPS) is 11.9. The Labute approximate surface area is 722 Å². The van der Waals surface area contributed by atoms with E-state index >= 15 is 0 Å². The quantitative estimate of drug-likeness (QED) is 0.0706. The molecule has 3 N–H and O–H groups in total. The zero-order valence-electron chi connectivity index (χ0n) is 66.2. The van der Waals surface area contributed by atoms with E-state index in [1.54, 1.807) is 54.0 Å². The van der Waals surface area contributed by atoms with Gasteiger partial charge in [0.25, 0.3) is 17.7 Å². The number of H-pyrrole nitrogens is 3. The molecule has 18 rings (SSSR count). The first-order valence-electron chi connectivity index (χ1n) is 38.2. The van der Waals surface area contributed by atoms with Crippen molar-refractivity contribution in [1.29, 1.82) is 0 Å². The molecule has 19 nitrogen and oxygen atoms in total. The number of benzene rings is 15. The van der Waals surface area contributed by atoms with Gasteiger partial charge in [0.1, 0.15) is 17.1 Å². The van der Waals surface area contributed by atoms with Crippen LogP contribution in [0.3, 0.4) is 0 Å². The molecule has 0 spiro atoms. The van der Waals surface area contributed by atoms with E-state index in [-0.39, 0.29) is 51.7 Å². The van der Waals surface area contributed by atoms with Crippen LogP contribution < -0.4 is 33.8 Å². The first kappa shape index (κ1) is 78.8. The standard InChI is InChI=1S/C96H69Cl6N13O6/c1-49-40-55(97)16-37-79(49)112(4)94(116)73-43-52-10-31-67-70-46-58(100)13-34-76(70)103-85(67)82(52)88(91(73)119-7)109-106-61-19-25-64(26-20-61)115(65-27-21-62(22-28-65)107-110-89-83-53(11-32-68-71-47-59(101)14-35-77(71)104-86(68)83)44-74(92(89)120-8)95(117)113(5)80-38-17-56(98)41-50(80)2)66-29-23-63(24-30-66)108-111-90-84-54(12-33-69-72-48-60(102)15-36-78(72)105-87(69)84)45-75(93(90)121-9)96(118)114(6)81-39-18-57(99)42-51(81)3/h10-48,103-105H,1-9H3. The zero-order chi connectivity index (χ0) is 84.1. The molecule has 0 saturated carbocycles. The van der Waals surface area contributed by atoms with Gasteiger partial charge < -0.3 is 48.8 Å². The van der Waals surface area contributed by atoms with Gasteiger partial charge in [0.15, 0.2) is 17.2 Å². The van der Waals surface area contributed by atoms with Crippen molar-refractivity contribution in [1.82, 2.24) is 15.0 Å². The fraction of sp³-hybridized carbons (Fsp3) is 0.0938. The fourth-order valence-corrected chi connectivity index (χ4v) is 17.6. The number of hydrogen-bond donors (Lipinski definition) is 3. The lowest BCUT2D eigenvalue weighted by atomic mass is 9.99. The number of aromatic amines is 3. The minimum Gasteiger partial charge on any atom is -0.494 e. The van der Waals surface area contributed by atoms with Crippen LogP contribution in [0.1, 0.15) is 47.8 Å². The molecule has 121 heavy (non-hydrogen) atoms. The van der Waals surface area contributed by atoms with Crippen LogP contribution in [0, 0.1) is 20.8 Å². The van der Waals surface area contributed by atoms with E-state index in [1.165, 1.54) is 21.3 Å². The Bertz CT molecular complexity index is 6790. The second-order valence-corrected chi connectivity index (χ2v) is 32.1. The molecule has 596 valence electrons. The van der Waals surface area contributed by atoms with Gasteiger partial charge in [-0.25, -0.2) is 0 Å². The van der Waals surface area contributed by atoms with E-state index in [4.69, 9.17) is 115 Å². The number of halogens is 6. The molecule has 0 atom stereocenters. The highest BCUT2D eigenvalue weighted by Crippen LogP contribution is 2.51. The summed E-state index contributed by atoms with van der Waals surface area (Å²) in [7, 11) is 9.68. The maximum atomic E-state index is 15.0. The fourth-order valence-electron chi connectivity index (χ4n) is 16.4. The van der Waals surface area contributed by atoms with Gasteiger partial charge in [-0.15, -0.1) is 15.3 Å². The average molecular weight is 1710 g/mol. The summed E-state index contributed by atoms with van der Waals surface area (Å²) in [6.07, 6.45) is 0. The number of nitrogens with one attached hydrogen (secondary N) is 3.